The predicted molar refractivity (Wildman–Crippen MR) is 101 cm³/mol. The largest absolute Gasteiger partial charge is 0.465 e. The summed E-state index contributed by atoms with van der Waals surface area (Å²) in [6.45, 7) is 2.44. The van der Waals surface area contributed by atoms with Crippen molar-refractivity contribution in [2.24, 2.45) is 0 Å². The van der Waals surface area contributed by atoms with Crippen molar-refractivity contribution in [1.82, 2.24) is 15.5 Å². The molecule has 1 aromatic heterocycles. The molecule has 6 heteroatoms. The van der Waals surface area contributed by atoms with Crippen LogP contribution in [0.1, 0.15) is 5.56 Å². The van der Waals surface area contributed by atoms with Crippen molar-refractivity contribution in [3.8, 4) is 22.4 Å². The molecule has 0 unspecified atom stereocenters. The van der Waals surface area contributed by atoms with Crippen molar-refractivity contribution in [1.29, 1.82) is 0 Å². The van der Waals surface area contributed by atoms with Gasteiger partial charge in [-0.25, -0.2) is 4.79 Å². The molecule has 0 saturated heterocycles. The lowest BCUT2D eigenvalue weighted by atomic mass is 10.0. The standard InChI is InChI=1S/C19H19N3O2S/c1-13-7-9-15(10-8-13)17-16(14-5-3-2-4-6-14)18(22-21-17)25-12-11-20-19(23)24/h2-10,20H,11-12H2,1H3,(H,21,22)(H,23,24). The molecule has 5 nitrogen and oxygen atoms in total. The molecular formula is C19H19N3O2S. The fourth-order valence-electron chi connectivity index (χ4n) is 2.54. The van der Waals surface area contributed by atoms with Crippen molar-refractivity contribution in [2.75, 3.05) is 12.3 Å². The third-order valence-corrected chi connectivity index (χ3v) is 4.73. The molecule has 3 N–H and O–H groups in total. The Morgan fingerprint density at radius 1 is 1.12 bits per heavy atom. The average Bonchev–Trinajstić information content (AvgIpc) is 3.04. The molecule has 25 heavy (non-hydrogen) atoms. The Bertz CT molecular complexity index is 845. The van der Waals surface area contributed by atoms with Crippen LogP contribution in [0.3, 0.4) is 0 Å². The van der Waals surface area contributed by atoms with Crippen molar-refractivity contribution in [2.45, 2.75) is 11.9 Å². The summed E-state index contributed by atoms with van der Waals surface area (Å²) < 4.78 is 0. The molecule has 0 bridgehead atoms. The van der Waals surface area contributed by atoms with Gasteiger partial charge >= 0.3 is 6.09 Å². The lowest BCUT2D eigenvalue weighted by Gasteiger charge is -2.07. The predicted octanol–water partition coefficient (Wildman–Crippen LogP) is 4.41. The van der Waals surface area contributed by atoms with Gasteiger partial charge in [0.05, 0.1) is 5.69 Å². The number of amides is 1. The van der Waals surface area contributed by atoms with Gasteiger partial charge in [0, 0.05) is 23.4 Å². The number of aromatic amines is 1. The van der Waals surface area contributed by atoms with Gasteiger partial charge in [0.2, 0.25) is 0 Å². The molecule has 2 aromatic carbocycles. The van der Waals surface area contributed by atoms with E-state index in [1.807, 2.05) is 18.2 Å². The summed E-state index contributed by atoms with van der Waals surface area (Å²) in [5, 5.41) is 19.5. The summed E-state index contributed by atoms with van der Waals surface area (Å²) in [6.07, 6.45) is -1.01. The van der Waals surface area contributed by atoms with Crippen LogP contribution in [-0.4, -0.2) is 33.7 Å². The van der Waals surface area contributed by atoms with Gasteiger partial charge in [-0.3, -0.25) is 5.10 Å². The first-order valence-corrected chi connectivity index (χ1v) is 8.94. The van der Waals surface area contributed by atoms with Gasteiger partial charge in [-0.15, -0.1) is 11.8 Å². The summed E-state index contributed by atoms with van der Waals surface area (Å²) >= 11 is 1.53. The van der Waals surface area contributed by atoms with E-state index >= 15 is 0 Å². The highest BCUT2D eigenvalue weighted by Gasteiger charge is 2.17. The van der Waals surface area contributed by atoms with E-state index in [0.717, 1.165) is 27.4 Å². The van der Waals surface area contributed by atoms with Gasteiger partial charge in [-0.05, 0) is 12.5 Å². The molecule has 0 aliphatic heterocycles. The highest BCUT2D eigenvalue weighted by atomic mass is 32.2. The van der Waals surface area contributed by atoms with Crippen molar-refractivity contribution in [3.05, 3.63) is 60.2 Å². The summed E-state index contributed by atoms with van der Waals surface area (Å²) in [7, 11) is 0. The first kappa shape index (κ1) is 17.1. The maximum absolute atomic E-state index is 10.6. The molecule has 0 atom stereocenters. The zero-order valence-corrected chi connectivity index (χ0v) is 14.6. The number of carbonyl (C=O) groups is 1. The van der Waals surface area contributed by atoms with Gasteiger partial charge in [0.1, 0.15) is 5.03 Å². The quantitative estimate of drug-likeness (QED) is 0.453. The molecule has 1 amide bonds. The van der Waals surface area contributed by atoms with E-state index in [2.05, 4.69) is 58.8 Å². The molecule has 0 aliphatic carbocycles. The summed E-state index contributed by atoms with van der Waals surface area (Å²) in [5.41, 5.74) is 5.39. The molecular weight excluding hydrogens is 334 g/mol. The molecule has 3 rings (SSSR count). The van der Waals surface area contributed by atoms with Crippen molar-refractivity contribution < 1.29 is 9.90 Å². The molecule has 0 aliphatic rings. The lowest BCUT2D eigenvalue weighted by molar-refractivity contribution is 0.195. The second-order valence-electron chi connectivity index (χ2n) is 5.59. The van der Waals surface area contributed by atoms with Crippen LogP contribution in [0.4, 0.5) is 4.79 Å². The van der Waals surface area contributed by atoms with Crippen LogP contribution in [0.5, 0.6) is 0 Å². The number of hydrogen-bond acceptors (Lipinski definition) is 3. The van der Waals surface area contributed by atoms with Crippen LogP contribution in [0.25, 0.3) is 22.4 Å². The summed E-state index contributed by atoms with van der Waals surface area (Å²) in [4.78, 5) is 10.6. The number of benzene rings is 2. The molecule has 0 fully saturated rings. The van der Waals surface area contributed by atoms with E-state index in [-0.39, 0.29) is 0 Å². The van der Waals surface area contributed by atoms with Gasteiger partial charge in [0.15, 0.2) is 0 Å². The van der Waals surface area contributed by atoms with E-state index in [1.54, 1.807) is 0 Å². The van der Waals surface area contributed by atoms with Crippen molar-refractivity contribution >= 4 is 17.9 Å². The zero-order valence-electron chi connectivity index (χ0n) is 13.8. The Morgan fingerprint density at radius 2 is 1.84 bits per heavy atom. The van der Waals surface area contributed by atoms with Crippen LogP contribution >= 0.6 is 11.8 Å². The topological polar surface area (TPSA) is 78.0 Å². The smallest absolute Gasteiger partial charge is 0.404 e. The van der Waals surface area contributed by atoms with E-state index in [1.165, 1.54) is 17.3 Å². The van der Waals surface area contributed by atoms with Crippen LogP contribution < -0.4 is 5.32 Å². The second kappa shape index (κ2) is 7.90. The van der Waals surface area contributed by atoms with E-state index in [0.29, 0.717) is 12.3 Å². The Labute approximate surface area is 150 Å². The highest BCUT2D eigenvalue weighted by molar-refractivity contribution is 7.99. The molecule has 0 radical (unpaired) electrons. The lowest BCUT2D eigenvalue weighted by Crippen LogP contribution is -2.23. The SMILES string of the molecule is Cc1ccc(-c2[nH]nc(SCCNC(=O)O)c2-c2ccccc2)cc1. The first-order valence-electron chi connectivity index (χ1n) is 7.95. The summed E-state index contributed by atoms with van der Waals surface area (Å²) in [6, 6.07) is 18.4. The number of nitrogens with one attached hydrogen (secondary N) is 2. The van der Waals surface area contributed by atoms with Gasteiger partial charge in [0.25, 0.3) is 0 Å². The fourth-order valence-corrected chi connectivity index (χ4v) is 3.41. The van der Waals surface area contributed by atoms with Crippen molar-refractivity contribution in [3.63, 3.8) is 0 Å². The monoisotopic (exact) mass is 353 g/mol. The fraction of sp³-hybridized carbons (Fsp3) is 0.158. The minimum absolute atomic E-state index is 0.376. The number of nitrogens with zero attached hydrogens (tertiary/aromatic N) is 1. The molecule has 0 spiro atoms. The molecule has 1 heterocycles. The van der Waals surface area contributed by atoms with Crippen LogP contribution in [0.15, 0.2) is 59.6 Å². The third-order valence-electron chi connectivity index (χ3n) is 3.75. The van der Waals surface area contributed by atoms with Crippen LogP contribution in [0, 0.1) is 6.92 Å². The Kier molecular flexibility index (Phi) is 5.40. The van der Waals surface area contributed by atoms with E-state index in [9.17, 15) is 4.79 Å². The Morgan fingerprint density at radius 3 is 2.52 bits per heavy atom. The number of H-pyrrole nitrogens is 1. The average molecular weight is 353 g/mol. The third kappa shape index (κ3) is 4.22. The minimum atomic E-state index is -1.01. The maximum atomic E-state index is 10.6. The number of thioether (sulfide) groups is 1. The number of hydrogen-bond donors (Lipinski definition) is 3. The Hall–Kier alpha value is -2.73. The number of rotatable bonds is 6. The second-order valence-corrected chi connectivity index (χ2v) is 6.67. The number of aryl methyl sites for hydroxylation is 1. The number of aromatic nitrogens is 2. The summed E-state index contributed by atoms with van der Waals surface area (Å²) in [5.74, 6) is 0.615. The normalized spacial score (nSPS) is 10.6. The minimum Gasteiger partial charge on any atom is -0.465 e. The van der Waals surface area contributed by atoms with Gasteiger partial charge in [-0.2, -0.15) is 5.10 Å². The Balaban J connectivity index is 1.93. The molecule has 3 aromatic rings. The highest BCUT2D eigenvalue weighted by Crippen LogP contribution is 2.37. The van der Waals surface area contributed by atoms with Crippen LogP contribution in [-0.2, 0) is 0 Å². The zero-order chi connectivity index (χ0) is 17.6. The van der Waals surface area contributed by atoms with E-state index < -0.39 is 6.09 Å². The van der Waals surface area contributed by atoms with Gasteiger partial charge < -0.3 is 10.4 Å². The maximum Gasteiger partial charge on any atom is 0.404 e. The number of carboxylic acid groups (broad SMARTS) is 1. The van der Waals surface area contributed by atoms with Gasteiger partial charge in [-0.1, -0.05) is 60.2 Å². The molecule has 128 valence electrons. The van der Waals surface area contributed by atoms with E-state index in [4.69, 9.17) is 5.11 Å². The molecule has 0 saturated carbocycles. The first-order chi connectivity index (χ1) is 12.1. The van der Waals surface area contributed by atoms with Crippen LogP contribution in [0.2, 0.25) is 0 Å².